The molecule has 1 aliphatic heterocycles. The molecule has 8 nitrogen and oxygen atoms in total. The summed E-state index contributed by atoms with van der Waals surface area (Å²) in [4.78, 5) is 27.0. The fourth-order valence-corrected chi connectivity index (χ4v) is 4.28. The molecule has 1 amide bonds. The molecule has 2 fully saturated rings. The van der Waals surface area contributed by atoms with Crippen molar-refractivity contribution in [3.8, 4) is 28.7 Å². The number of rotatable bonds is 7. The molecule has 31 heavy (non-hydrogen) atoms. The Labute approximate surface area is 180 Å². The number of ether oxygens (including phenoxy) is 1. The highest BCUT2D eigenvalue weighted by atomic mass is 16.5. The fourth-order valence-electron chi connectivity index (χ4n) is 4.28. The van der Waals surface area contributed by atoms with E-state index >= 15 is 0 Å². The number of carbonyl (C=O) groups excluding carboxylic acids is 1. The molecule has 0 unspecified atom stereocenters. The number of nitrogens with zero attached hydrogens (tertiary/aromatic N) is 5. The quantitative estimate of drug-likeness (QED) is 0.575. The standard InChI is InChI=1S/C23H25N5O3/c29-21(10-9-16-5-1-2-6-16)28-14-17(15-28)30-20-8-4-3-7-18(20)23-26-22(27-31-23)19-13-24-11-12-25-19/h3-4,7-8,11-13,16-17H,1-2,5-6,9-10,14-15H2. The van der Waals surface area contributed by atoms with Gasteiger partial charge in [-0.15, -0.1) is 0 Å². The number of carbonyl (C=O) groups is 1. The molecule has 5 rings (SSSR count). The lowest BCUT2D eigenvalue weighted by molar-refractivity contribution is -0.140. The van der Waals surface area contributed by atoms with Crippen molar-refractivity contribution in [2.24, 2.45) is 5.92 Å². The van der Waals surface area contributed by atoms with Gasteiger partial charge in [-0.1, -0.05) is 43.0 Å². The molecule has 3 heterocycles. The molecule has 2 aromatic heterocycles. The van der Waals surface area contributed by atoms with Crippen molar-refractivity contribution in [2.45, 2.75) is 44.6 Å². The molecule has 1 saturated heterocycles. The minimum atomic E-state index is -0.0287. The molecule has 160 valence electrons. The third-order valence-electron chi connectivity index (χ3n) is 6.07. The Morgan fingerprint density at radius 1 is 1.16 bits per heavy atom. The van der Waals surface area contributed by atoms with E-state index in [0.29, 0.717) is 42.7 Å². The minimum absolute atomic E-state index is 0.0287. The first-order valence-electron chi connectivity index (χ1n) is 10.9. The highest BCUT2D eigenvalue weighted by Crippen LogP contribution is 2.32. The van der Waals surface area contributed by atoms with Gasteiger partial charge in [0, 0.05) is 18.8 Å². The average molecular weight is 419 g/mol. The Morgan fingerprint density at radius 3 is 2.81 bits per heavy atom. The summed E-state index contributed by atoms with van der Waals surface area (Å²) in [5.74, 6) is 2.39. The number of hydrogen-bond acceptors (Lipinski definition) is 7. The van der Waals surface area contributed by atoms with Gasteiger partial charge < -0.3 is 14.2 Å². The Bertz CT molecular complexity index is 1030. The van der Waals surface area contributed by atoms with Gasteiger partial charge in [-0.05, 0) is 24.5 Å². The number of para-hydroxylation sites is 1. The minimum Gasteiger partial charge on any atom is -0.486 e. The Kier molecular flexibility index (Phi) is 5.60. The van der Waals surface area contributed by atoms with Crippen LogP contribution in [0, 0.1) is 5.92 Å². The number of hydrogen-bond donors (Lipinski definition) is 0. The monoisotopic (exact) mass is 419 g/mol. The van der Waals surface area contributed by atoms with Crippen LogP contribution >= 0.6 is 0 Å². The molecule has 1 saturated carbocycles. The normalized spacial score (nSPS) is 17.0. The van der Waals surface area contributed by atoms with Crippen LogP contribution in [-0.4, -0.2) is 50.1 Å². The zero-order valence-electron chi connectivity index (χ0n) is 17.3. The van der Waals surface area contributed by atoms with E-state index in [1.54, 1.807) is 18.6 Å². The first-order valence-corrected chi connectivity index (χ1v) is 10.9. The van der Waals surface area contributed by atoms with Gasteiger partial charge in [-0.3, -0.25) is 9.78 Å². The summed E-state index contributed by atoms with van der Waals surface area (Å²) in [7, 11) is 0. The highest BCUT2D eigenvalue weighted by Gasteiger charge is 2.33. The first-order chi connectivity index (χ1) is 15.3. The number of amides is 1. The maximum atomic E-state index is 12.4. The summed E-state index contributed by atoms with van der Waals surface area (Å²) >= 11 is 0. The van der Waals surface area contributed by atoms with Crippen molar-refractivity contribution in [3.05, 3.63) is 42.9 Å². The second-order valence-electron chi connectivity index (χ2n) is 8.24. The van der Waals surface area contributed by atoms with Gasteiger partial charge in [-0.25, -0.2) is 4.98 Å². The predicted molar refractivity (Wildman–Crippen MR) is 113 cm³/mol. The van der Waals surface area contributed by atoms with Crippen molar-refractivity contribution in [2.75, 3.05) is 13.1 Å². The van der Waals surface area contributed by atoms with Crippen molar-refractivity contribution < 1.29 is 14.1 Å². The van der Waals surface area contributed by atoms with E-state index in [1.807, 2.05) is 29.2 Å². The van der Waals surface area contributed by atoms with Crippen LogP contribution in [0.2, 0.25) is 0 Å². The molecule has 1 aromatic carbocycles. The molecule has 0 bridgehead atoms. The van der Waals surface area contributed by atoms with Crippen LogP contribution < -0.4 is 4.74 Å². The lowest BCUT2D eigenvalue weighted by Crippen LogP contribution is -2.56. The van der Waals surface area contributed by atoms with Crippen LogP contribution in [0.4, 0.5) is 0 Å². The van der Waals surface area contributed by atoms with E-state index in [-0.39, 0.29) is 12.0 Å². The van der Waals surface area contributed by atoms with Crippen LogP contribution in [0.15, 0.2) is 47.4 Å². The third kappa shape index (κ3) is 4.42. The highest BCUT2D eigenvalue weighted by molar-refractivity contribution is 5.77. The molecular weight excluding hydrogens is 394 g/mol. The van der Waals surface area contributed by atoms with E-state index in [0.717, 1.165) is 17.9 Å². The van der Waals surface area contributed by atoms with Crippen molar-refractivity contribution in [1.82, 2.24) is 25.0 Å². The first kappa shape index (κ1) is 19.7. The average Bonchev–Trinajstić information content (AvgIpc) is 3.47. The van der Waals surface area contributed by atoms with Crippen molar-refractivity contribution in [3.63, 3.8) is 0 Å². The molecular formula is C23H25N5O3. The summed E-state index contributed by atoms with van der Waals surface area (Å²) in [6, 6.07) is 7.56. The molecule has 0 N–H and O–H groups in total. The lowest BCUT2D eigenvalue weighted by atomic mass is 10.0. The van der Waals surface area contributed by atoms with Crippen molar-refractivity contribution in [1.29, 1.82) is 0 Å². The van der Waals surface area contributed by atoms with Gasteiger partial charge in [0.25, 0.3) is 5.89 Å². The Hall–Kier alpha value is -3.29. The largest absolute Gasteiger partial charge is 0.486 e. The zero-order chi connectivity index (χ0) is 21.0. The summed E-state index contributed by atoms with van der Waals surface area (Å²) in [5.41, 5.74) is 1.26. The Morgan fingerprint density at radius 2 is 2.00 bits per heavy atom. The molecule has 3 aromatic rings. The SMILES string of the molecule is O=C(CCC1CCCC1)N1CC(Oc2ccccc2-c2nc(-c3cnccn3)no2)C1. The molecule has 0 spiro atoms. The summed E-state index contributed by atoms with van der Waals surface area (Å²) < 4.78 is 11.6. The second-order valence-corrected chi connectivity index (χ2v) is 8.24. The van der Waals surface area contributed by atoms with Crippen LogP contribution in [0.3, 0.4) is 0 Å². The van der Waals surface area contributed by atoms with Gasteiger partial charge in [-0.2, -0.15) is 4.98 Å². The smallest absolute Gasteiger partial charge is 0.262 e. The molecule has 0 atom stereocenters. The van der Waals surface area contributed by atoms with Gasteiger partial charge >= 0.3 is 0 Å². The molecule has 1 aliphatic carbocycles. The van der Waals surface area contributed by atoms with E-state index < -0.39 is 0 Å². The summed E-state index contributed by atoms with van der Waals surface area (Å²) in [6.45, 7) is 1.24. The van der Waals surface area contributed by atoms with E-state index in [2.05, 4.69) is 20.1 Å². The maximum Gasteiger partial charge on any atom is 0.262 e. The summed E-state index contributed by atoms with van der Waals surface area (Å²) in [6.07, 6.45) is 11.6. The van der Waals surface area contributed by atoms with Gasteiger partial charge in [0.2, 0.25) is 11.7 Å². The number of likely N-dealkylation sites (tertiary alicyclic amines) is 1. The second kappa shape index (κ2) is 8.83. The van der Waals surface area contributed by atoms with Crippen LogP contribution in [0.1, 0.15) is 38.5 Å². The van der Waals surface area contributed by atoms with E-state index in [9.17, 15) is 4.79 Å². The van der Waals surface area contributed by atoms with Crippen LogP contribution in [0.5, 0.6) is 5.75 Å². The lowest BCUT2D eigenvalue weighted by Gasteiger charge is -2.39. The van der Waals surface area contributed by atoms with Gasteiger partial charge in [0.1, 0.15) is 17.5 Å². The molecule has 8 heteroatoms. The zero-order valence-corrected chi connectivity index (χ0v) is 17.3. The maximum absolute atomic E-state index is 12.4. The Balaban J connectivity index is 1.19. The van der Waals surface area contributed by atoms with Gasteiger partial charge in [0.15, 0.2) is 0 Å². The number of benzene rings is 1. The van der Waals surface area contributed by atoms with Crippen molar-refractivity contribution >= 4 is 5.91 Å². The summed E-state index contributed by atoms with van der Waals surface area (Å²) in [5, 5.41) is 4.01. The molecule has 0 radical (unpaired) electrons. The fraction of sp³-hybridized carbons (Fsp3) is 0.435. The van der Waals surface area contributed by atoms with Crippen LogP contribution in [0.25, 0.3) is 23.0 Å². The number of aromatic nitrogens is 4. The predicted octanol–water partition coefficient (Wildman–Crippen LogP) is 3.75. The van der Waals surface area contributed by atoms with E-state index in [4.69, 9.17) is 9.26 Å². The van der Waals surface area contributed by atoms with Gasteiger partial charge in [0.05, 0.1) is 24.8 Å². The third-order valence-corrected chi connectivity index (χ3v) is 6.07. The van der Waals surface area contributed by atoms with Crippen LogP contribution in [-0.2, 0) is 4.79 Å². The molecule has 2 aliphatic rings. The van der Waals surface area contributed by atoms with E-state index in [1.165, 1.54) is 25.7 Å². The topological polar surface area (TPSA) is 94.2 Å².